The molecule has 0 aliphatic rings. The van der Waals surface area contributed by atoms with Gasteiger partial charge in [0, 0.05) is 5.92 Å². The molecule has 0 aliphatic heterocycles. The fourth-order valence-corrected chi connectivity index (χ4v) is 1.36. The summed E-state index contributed by atoms with van der Waals surface area (Å²) in [6.07, 6.45) is 0. The Morgan fingerprint density at radius 2 is 2.29 bits per heavy atom. The van der Waals surface area contributed by atoms with E-state index in [2.05, 4.69) is 15.9 Å². The maximum atomic E-state index is 12.7. The molecule has 1 unspecified atom stereocenters. The smallest absolute Gasteiger partial charge is 0.133 e. The highest BCUT2D eigenvalue weighted by molar-refractivity contribution is 9.10. The van der Waals surface area contributed by atoms with E-state index in [0.717, 1.165) is 0 Å². The van der Waals surface area contributed by atoms with Crippen LogP contribution in [-0.2, 0) is 0 Å². The highest BCUT2D eigenvalue weighted by Crippen LogP contribution is 2.25. The summed E-state index contributed by atoms with van der Waals surface area (Å²) in [6.45, 7) is 3.12. The van der Waals surface area contributed by atoms with E-state index in [9.17, 15) is 4.39 Å². The van der Waals surface area contributed by atoms with Crippen LogP contribution in [0, 0.1) is 11.7 Å². The van der Waals surface area contributed by atoms with Gasteiger partial charge in [0.05, 0.1) is 11.1 Å². The number of ether oxygens (including phenoxy) is 1. The molecule has 0 aliphatic carbocycles. The molecule has 1 aromatic carbocycles. The van der Waals surface area contributed by atoms with Gasteiger partial charge in [-0.25, -0.2) is 4.39 Å². The molecule has 4 heteroatoms. The van der Waals surface area contributed by atoms with Gasteiger partial charge in [0.15, 0.2) is 0 Å². The Kier molecular flexibility index (Phi) is 4.35. The summed E-state index contributed by atoms with van der Waals surface area (Å²) in [5, 5.41) is 0. The second-order valence-corrected chi connectivity index (χ2v) is 4.08. The van der Waals surface area contributed by atoms with Gasteiger partial charge in [-0.2, -0.15) is 0 Å². The van der Waals surface area contributed by atoms with Crippen molar-refractivity contribution in [1.29, 1.82) is 0 Å². The third-order valence-corrected chi connectivity index (χ3v) is 2.44. The lowest BCUT2D eigenvalue weighted by Gasteiger charge is -2.11. The number of hydrogen-bond acceptors (Lipinski definition) is 2. The van der Waals surface area contributed by atoms with Crippen LogP contribution in [0.5, 0.6) is 5.75 Å². The average Bonchev–Trinajstić information content (AvgIpc) is 2.16. The van der Waals surface area contributed by atoms with E-state index in [1.54, 1.807) is 6.07 Å². The van der Waals surface area contributed by atoms with Crippen LogP contribution in [0.1, 0.15) is 6.92 Å². The van der Waals surface area contributed by atoms with E-state index >= 15 is 0 Å². The molecule has 0 saturated carbocycles. The van der Waals surface area contributed by atoms with Gasteiger partial charge in [-0.1, -0.05) is 6.92 Å². The van der Waals surface area contributed by atoms with Crippen molar-refractivity contribution in [3.63, 3.8) is 0 Å². The standard InChI is InChI=1S/C10H13BrFNO/c1-7(5-13)6-14-10-3-2-8(12)4-9(10)11/h2-4,7H,5-6,13H2,1H3. The topological polar surface area (TPSA) is 35.2 Å². The molecular formula is C10H13BrFNO. The van der Waals surface area contributed by atoms with Crippen LogP contribution in [0.4, 0.5) is 4.39 Å². The van der Waals surface area contributed by atoms with Crippen LogP contribution in [0.2, 0.25) is 0 Å². The predicted octanol–water partition coefficient (Wildman–Crippen LogP) is 2.56. The molecule has 1 atom stereocenters. The zero-order valence-corrected chi connectivity index (χ0v) is 9.55. The van der Waals surface area contributed by atoms with Gasteiger partial charge in [-0.15, -0.1) is 0 Å². The molecule has 0 spiro atoms. The van der Waals surface area contributed by atoms with E-state index < -0.39 is 0 Å². The summed E-state index contributed by atoms with van der Waals surface area (Å²) in [5.41, 5.74) is 5.45. The minimum absolute atomic E-state index is 0.281. The van der Waals surface area contributed by atoms with E-state index in [-0.39, 0.29) is 5.82 Å². The summed E-state index contributed by atoms with van der Waals surface area (Å²) in [4.78, 5) is 0. The molecule has 1 rings (SSSR count). The summed E-state index contributed by atoms with van der Waals surface area (Å²) in [7, 11) is 0. The molecule has 0 bridgehead atoms. The lowest BCUT2D eigenvalue weighted by molar-refractivity contribution is 0.262. The summed E-state index contributed by atoms with van der Waals surface area (Å²) in [5.74, 6) is 0.662. The van der Waals surface area contributed by atoms with Crippen molar-refractivity contribution in [3.05, 3.63) is 28.5 Å². The number of nitrogens with two attached hydrogens (primary N) is 1. The molecular weight excluding hydrogens is 249 g/mol. The molecule has 2 N–H and O–H groups in total. The maximum absolute atomic E-state index is 12.7. The molecule has 0 fully saturated rings. The van der Waals surface area contributed by atoms with Crippen LogP contribution in [-0.4, -0.2) is 13.2 Å². The van der Waals surface area contributed by atoms with Crippen molar-refractivity contribution in [1.82, 2.24) is 0 Å². The molecule has 14 heavy (non-hydrogen) atoms. The van der Waals surface area contributed by atoms with Crippen molar-refractivity contribution in [2.45, 2.75) is 6.92 Å². The summed E-state index contributed by atoms with van der Waals surface area (Å²) in [6, 6.07) is 4.35. The van der Waals surface area contributed by atoms with E-state index in [4.69, 9.17) is 10.5 Å². The van der Waals surface area contributed by atoms with Crippen LogP contribution < -0.4 is 10.5 Å². The maximum Gasteiger partial charge on any atom is 0.133 e. The van der Waals surface area contributed by atoms with Crippen molar-refractivity contribution in [2.75, 3.05) is 13.2 Å². The Labute approximate surface area is 91.4 Å². The van der Waals surface area contributed by atoms with Gasteiger partial charge < -0.3 is 10.5 Å². The minimum atomic E-state index is -0.281. The first kappa shape index (κ1) is 11.5. The lowest BCUT2D eigenvalue weighted by atomic mass is 10.2. The van der Waals surface area contributed by atoms with Crippen LogP contribution in [0.3, 0.4) is 0 Å². The quantitative estimate of drug-likeness (QED) is 0.905. The van der Waals surface area contributed by atoms with Gasteiger partial charge in [0.2, 0.25) is 0 Å². The van der Waals surface area contributed by atoms with Crippen LogP contribution in [0.15, 0.2) is 22.7 Å². The second kappa shape index (κ2) is 5.32. The number of rotatable bonds is 4. The Morgan fingerprint density at radius 1 is 1.57 bits per heavy atom. The fraction of sp³-hybridized carbons (Fsp3) is 0.400. The van der Waals surface area contributed by atoms with Crippen molar-refractivity contribution >= 4 is 15.9 Å². The number of halogens is 2. The van der Waals surface area contributed by atoms with E-state index in [1.165, 1.54) is 12.1 Å². The Morgan fingerprint density at radius 3 is 2.86 bits per heavy atom. The monoisotopic (exact) mass is 261 g/mol. The second-order valence-electron chi connectivity index (χ2n) is 3.23. The lowest BCUT2D eigenvalue weighted by Crippen LogP contribution is -2.18. The molecule has 2 nitrogen and oxygen atoms in total. The first-order chi connectivity index (χ1) is 6.63. The summed E-state index contributed by atoms with van der Waals surface area (Å²) >= 11 is 3.22. The molecule has 0 saturated heterocycles. The van der Waals surface area contributed by atoms with Crippen LogP contribution >= 0.6 is 15.9 Å². The average molecular weight is 262 g/mol. The molecule has 0 amide bonds. The van der Waals surface area contributed by atoms with Gasteiger partial charge in [-0.3, -0.25) is 0 Å². The molecule has 78 valence electrons. The van der Waals surface area contributed by atoms with Crippen LogP contribution in [0.25, 0.3) is 0 Å². The van der Waals surface area contributed by atoms with Crippen molar-refractivity contribution in [2.24, 2.45) is 11.7 Å². The Balaban J connectivity index is 2.59. The summed E-state index contributed by atoms with van der Waals surface area (Å²) < 4.78 is 18.8. The van der Waals surface area contributed by atoms with Gasteiger partial charge in [0.1, 0.15) is 11.6 Å². The van der Waals surface area contributed by atoms with Gasteiger partial charge in [0.25, 0.3) is 0 Å². The first-order valence-electron chi connectivity index (χ1n) is 4.41. The van der Waals surface area contributed by atoms with Crippen molar-refractivity contribution < 1.29 is 9.13 Å². The minimum Gasteiger partial charge on any atom is -0.492 e. The molecule has 1 aromatic rings. The van der Waals surface area contributed by atoms with Gasteiger partial charge in [-0.05, 0) is 40.7 Å². The zero-order valence-electron chi connectivity index (χ0n) is 7.97. The normalized spacial score (nSPS) is 12.6. The SMILES string of the molecule is CC(CN)COc1ccc(F)cc1Br. The Hall–Kier alpha value is -0.610. The van der Waals surface area contributed by atoms with Crippen molar-refractivity contribution in [3.8, 4) is 5.75 Å². The highest BCUT2D eigenvalue weighted by Gasteiger charge is 2.04. The number of benzene rings is 1. The molecule has 0 heterocycles. The fourth-order valence-electron chi connectivity index (χ4n) is 0.892. The van der Waals surface area contributed by atoms with E-state index in [0.29, 0.717) is 29.3 Å². The van der Waals surface area contributed by atoms with E-state index in [1.807, 2.05) is 6.92 Å². The van der Waals surface area contributed by atoms with Gasteiger partial charge >= 0.3 is 0 Å². The first-order valence-corrected chi connectivity index (χ1v) is 5.20. The Bertz CT molecular complexity index is 306. The number of hydrogen-bond donors (Lipinski definition) is 1. The largest absolute Gasteiger partial charge is 0.492 e. The molecule has 0 radical (unpaired) electrons. The predicted molar refractivity (Wildman–Crippen MR) is 57.8 cm³/mol. The zero-order chi connectivity index (χ0) is 10.6. The third kappa shape index (κ3) is 3.27. The molecule has 0 aromatic heterocycles. The third-order valence-electron chi connectivity index (χ3n) is 1.82. The highest BCUT2D eigenvalue weighted by atomic mass is 79.9.